The molecule has 1 unspecified atom stereocenters. The molecule has 1 fully saturated rings. The summed E-state index contributed by atoms with van der Waals surface area (Å²) < 4.78 is 5.11. The van der Waals surface area contributed by atoms with Crippen molar-refractivity contribution >= 4 is 23.2 Å². The van der Waals surface area contributed by atoms with Crippen LogP contribution in [0.5, 0.6) is 5.75 Å². The predicted molar refractivity (Wildman–Crippen MR) is 111 cm³/mol. The molecule has 1 aliphatic rings. The number of likely N-dealkylation sites (tertiary alicyclic amines) is 1. The molecule has 0 saturated carbocycles. The first kappa shape index (κ1) is 19.9. The van der Waals surface area contributed by atoms with Crippen LogP contribution in [-0.2, 0) is 4.79 Å². The number of rotatable bonds is 6. The molecule has 3 rings (SSSR count). The number of anilines is 2. The first-order valence-corrected chi connectivity index (χ1v) is 9.61. The highest BCUT2D eigenvalue weighted by atomic mass is 16.5. The minimum absolute atomic E-state index is 0.0236. The quantitative estimate of drug-likeness (QED) is 0.802. The molecule has 28 heavy (non-hydrogen) atoms. The number of methoxy groups -OCH3 is 1. The monoisotopic (exact) mass is 381 g/mol. The highest BCUT2D eigenvalue weighted by Crippen LogP contribution is 2.18. The molecule has 2 amide bonds. The molecule has 6 heteroatoms. The first-order chi connectivity index (χ1) is 13.5. The molecule has 0 aliphatic carbocycles. The molecule has 1 heterocycles. The maximum atomic E-state index is 12.4. The Kier molecular flexibility index (Phi) is 6.66. The highest BCUT2D eigenvalue weighted by molar-refractivity contribution is 6.04. The number of ether oxygens (including phenoxy) is 1. The van der Waals surface area contributed by atoms with Crippen LogP contribution in [0.15, 0.2) is 48.5 Å². The zero-order chi connectivity index (χ0) is 19.9. The molecule has 2 aromatic rings. The second kappa shape index (κ2) is 9.37. The lowest BCUT2D eigenvalue weighted by molar-refractivity contribution is -0.117. The van der Waals surface area contributed by atoms with E-state index in [-0.39, 0.29) is 11.8 Å². The third kappa shape index (κ3) is 5.57. The Morgan fingerprint density at radius 3 is 2.32 bits per heavy atom. The van der Waals surface area contributed by atoms with Crippen molar-refractivity contribution in [3.05, 3.63) is 54.1 Å². The fraction of sp³-hybridized carbons (Fsp3) is 0.364. The number of nitrogens with one attached hydrogen (secondary N) is 2. The Balaban J connectivity index is 1.52. The van der Waals surface area contributed by atoms with Crippen molar-refractivity contribution < 1.29 is 14.3 Å². The first-order valence-electron chi connectivity index (χ1n) is 9.61. The molecule has 0 bridgehead atoms. The van der Waals surface area contributed by atoms with Gasteiger partial charge in [-0.3, -0.25) is 14.5 Å². The van der Waals surface area contributed by atoms with E-state index >= 15 is 0 Å². The maximum Gasteiger partial charge on any atom is 0.255 e. The van der Waals surface area contributed by atoms with E-state index in [1.807, 2.05) is 0 Å². The summed E-state index contributed by atoms with van der Waals surface area (Å²) in [6.07, 6.45) is 2.38. The van der Waals surface area contributed by atoms with Crippen LogP contribution in [-0.4, -0.2) is 43.5 Å². The number of nitrogens with zero attached hydrogens (tertiary/aromatic N) is 1. The number of piperidine rings is 1. The molecule has 0 spiro atoms. The van der Waals surface area contributed by atoms with E-state index in [0.717, 1.165) is 25.3 Å². The summed E-state index contributed by atoms with van der Waals surface area (Å²) in [5.74, 6) is 1.15. The van der Waals surface area contributed by atoms with Gasteiger partial charge in [-0.05, 0) is 73.8 Å². The minimum atomic E-state index is -0.203. The van der Waals surface area contributed by atoms with E-state index in [1.165, 1.54) is 6.42 Å². The Hall–Kier alpha value is -2.86. The average molecular weight is 381 g/mol. The van der Waals surface area contributed by atoms with Gasteiger partial charge < -0.3 is 15.4 Å². The zero-order valence-corrected chi connectivity index (χ0v) is 16.4. The Bertz CT molecular complexity index is 803. The summed E-state index contributed by atoms with van der Waals surface area (Å²) in [6, 6.07) is 14.1. The van der Waals surface area contributed by atoms with Gasteiger partial charge in [0, 0.05) is 23.5 Å². The molecule has 1 aliphatic heterocycles. The van der Waals surface area contributed by atoms with Crippen LogP contribution < -0.4 is 15.4 Å². The van der Waals surface area contributed by atoms with Gasteiger partial charge in [-0.2, -0.15) is 0 Å². The van der Waals surface area contributed by atoms with Crippen LogP contribution in [0.4, 0.5) is 11.4 Å². The SMILES string of the molecule is COc1ccc(NC(=O)c2ccc(NC(=O)CN3CCCC(C)C3)cc2)cc1. The van der Waals surface area contributed by atoms with Crippen LogP contribution in [0.3, 0.4) is 0 Å². The molecule has 0 aromatic heterocycles. The molecule has 148 valence electrons. The van der Waals surface area contributed by atoms with Crippen molar-refractivity contribution in [3.63, 3.8) is 0 Å². The average Bonchev–Trinajstić information content (AvgIpc) is 2.69. The van der Waals surface area contributed by atoms with Gasteiger partial charge in [-0.15, -0.1) is 0 Å². The standard InChI is InChI=1S/C22H27N3O3/c1-16-4-3-13-25(14-16)15-21(26)23-18-7-5-17(6-8-18)22(27)24-19-9-11-20(28-2)12-10-19/h5-12,16H,3-4,13-15H2,1-2H3,(H,23,26)(H,24,27). The van der Waals surface area contributed by atoms with E-state index in [2.05, 4.69) is 22.5 Å². The number of carbonyl (C=O) groups is 2. The summed E-state index contributed by atoms with van der Waals surface area (Å²) >= 11 is 0. The Labute approximate surface area is 165 Å². The molecule has 2 aromatic carbocycles. The highest BCUT2D eigenvalue weighted by Gasteiger charge is 2.18. The number of hydrogen-bond acceptors (Lipinski definition) is 4. The van der Waals surface area contributed by atoms with Crippen LogP contribution >= 0.6 is 0 Å². The lowest BCUT2D eigenvalue weighted by Gasteiger charge is -2.30. The van der Waals surface area contributed by atoms with Gasteiger partial charge in [-0.25, -0.2) is 0 Å². The van der Waals surface area contributed by atoms with Crippen molar-refractivity contribution in [2.45, 2.75) is 19.8 Å². The molecule has 6 nitrogen and oxygen atoms in total. The third-order valence-corrected chi connectivity index (χ3v) is 4.89. The van der Waals surface area contributed by atoms with E-state index < -0.39 is 0 Å². The number of carbonyl (C=O) groups excluding carboxylic acids is 2. The van der Waals surface area contributed by atoms with Crippen LogP contribution in [0.2, 0.25) is 0 Å². The fourth-order valence-corrected chi connectivity index (χ4v) is 3.42. The van der Waals surface area contributed by atoms with Crippen LogP contribution in [0.25, 0.3) is 0 Å². The van der Waals surface area contributed by atoms with Gasteiger partial charge in [0.15, 0.2) is 0 Å². The summed E-state index contributed by atoms with van der Waals surface area (Å²) in [4.78, 5) is 26.8. The maximum absolute atomic E-state index is 12.4. The van der Waals surface area contributed by atoms with Crippen LogP contribution in [0, 0.1) is 5.92 Å². The van der Waals surface area contributed by atoms with Gasteiger partial charge in [-0.1, -0.05) is 6.92 Å². The minimum Gasteiger partial charge on any atom is -0.497 e. The summed E-state index contributed by atoms with van der Waals surface area (Å²) in [6.45, 7) is 4.57. The number of amides is 2. The van der Waals surface area contributed by atoms with Crippen molar-refractivity contribution in [1.82, 2.24) is 4.90 Å². The summed E-state index contributed by atoms with van der Waals surface area (Å²) in [5, 5.41) is 5.75. The Morgan fingerprint density at radius 1 is 1.04 bits per heavy atom. The third-order valence-electron chi connectivity index (χ3n) is 4.89. The molecule has 1 atom stereocenters. The second-order valence-corrected chi connectivity index (χ2v) is 7.29. The van der Waals surface area contributed by atoms with Crippen molar-refractivity contribution in [1.29, 1.82) is 0 Å². The lowest BCUT2D eigenvalue weighted by Crippen LogP contribution is -2.39. The summed E-state index contributed by atoms with van der Waals surface area (Å²) in [5.41, 5.74) is 1.91. The van der Waals surface area contributed by atoms with Crippen molar-refractivity contribution in [2.75, 3.05) is 37.4 Å². The number of hydrogen-bond donors (Lipinski definition) is 2. The van der Waals surface area contributed by atoms with Crippen molar-refractivity contribution in [2.24, 2.45) is 5.92 Å². The summed E-state index contributed by atoms with van der Waals surface area (Å²) in [7, 11) is 1.60. The van der Waals surface area contributed by atoms with Crippen LogP contribution in [0.1, 0.15) is 30.1 Å². The normalized spacial score (nSPS) is 17.0. The smallest absolute Gasteiger partial charge is 0.255 e. The number of benzene rings is 2. The van der Waals surface area contributed by atoms with Gasteiger partial charge in [0.1, 0.15) is 5.75 Å². The molecule has 1 saturated heterocycles. The van der Waals surface area contributed by atoms with E-state index in [1.54, 1.807) is 55.6 Å². The van der Waals surface area contributed by atoms with Gasteiger partial charge in [0.25, 0.3) is 5.91 Å². The topological polar surface area (TPSA) is 70.7 Å². The van der Waals surface area contributed by atoms with E-state index in [4.69, 9.17) is 4.74 Å². The predicted octanol–water partition coefficient (Wildman–Crippen LogP) is 3.62. The Morgan fingerprint density at radius 2 is 1.68 bits per heavy atom. The van der Waals surface area contributed by atoms with E-state index in [9.17, 15) is 9.59 Å². The molecule has 0 radical (unpaired) electrons. The van der Waals surface area contributed by atoms with E-state index in [0.29, 0.717) is 29.4 Å². The lowest BCUT2D eigenvalue weighted by atomic mass is 10.0. The second-order valence-electron chi connectivity index (χ2n) is 7.29. The zero-order valence-electron chi connectivity index (χ0n) is 16.4. The molecule has 2 N–H and O–H groups in total. The van der Waals surface area contributed by atoms with Gasteiger partial charge >= 0.3 is 0 Å². The largest absolute Gasteiger partial charge is 0.497 e. The van der Waals surface area contributed by atoms with Gasteiger partial charge in [0.05, 0.1) is 13.7 Å². The molecular weight excluding hydrogens is 354 g/mol. The van der Waals surface area contributed by atoms with Gasteiger partial charge in [0.2, 0.25) is 5.91 Å². The van der Waals surface area contributed by atoms with Crippen molar-refractivity contribution in [3.8, 4) is 5.75 Å². The fourth-order valence-electron chi connectivity index (χ4n) is 3.42. The molecular formula is C22H27N3O3.